The lowest BCUT2D eigenvalue weighted by molar-refractivity contribution is 0.570. The van der Waals surface area contributed by atoms with Crippen molar-refractivity contribution in [3.05, 3.63) is 83.7 Å². The fourth-order valence-corrected chi connectivity index (χ4v) is 4.21. The summed E-state index contributed by atoms with van der Waals surface area (Å²) in [5, 5.41) is 0. The summed E-state index contributed by atoms with van der Waals surface area (Å²) in [6.45, 7) is 0. The second-order valence-corrected chi connectivity index (χ2v) is 7.39. The average molecular weight is 339 g/mol. The van der Waals surface area contributed by atoms with Crippen LogP contribution in [0.25, 0.3) is 11.1 Å². The zero-order chi connectivity index (χ0) is 16.7. The Morgan fingerprint density at radius 1 is 0.833 bits per heavy atom. The summed E-state index contributed by atoms with van der Waals surface area (Å²) in [6, 6.07) is 18.9. The predicted molar refractivity (Wildman–Crippen MR) is 91.9 cm³/mol. The van der Waals surface area contributed by atoms with Gasteiger partial charge in [-0.15, -0.1) is 0 Å². The lowest BCUT2D eigenvalue weighted by Crippen LogP contribution is -2.14. The molecule has 0 aliphatic heterocycles. The first-order chi connectivity index (χ1) is 11.5. The molecule has 0 saturated heterocycles. The highest BCUT2D eigenvalue weighted by atomic mass is 32.2. The van der Waals surface area contributed by atoms with Crippen molar-refractivity contribution in [2.45, 2.75) is 11.3 Å². The second kappa shape index (κ2) is 5.46. The smallest absolute Gasteiger partial charge is 0.264 e. The molecule has 0 spiro atoms. The van der Waals surface area contributed by atoms with Crippen LogP contribution < -0.4 is 4.72 Å². The SMILES string of the molecule is O=S(=O)(Nc1ccc2c(c1)Cc1ccccc1-2)c1ccccc1F. The second-order valence-electron chi connectivity index (χ2n) is 5.74. The molecule has 24 heavy (non-hydrogen) atoms. The summed E-state index contributed by atoms with van der Waals surface area (Å²) >= 11 is 0. The Kier molecular flexibility index (Phi) is 3.39. The van der Waals surface area contributed by atoms with E-state index in [1.54, 1.807) is 6.07 Å². The van der Waals surface area contributed by atoms with Gasteiger partial charge >= 0.3 is 0 Å². The number of hydrogen-bond donors (Lipinski definition) is 1. The van der Waals surface area contributed by atoms with Crippen molar-refractivity contribution in [2.24, 2.45) is 0 Å². The molecular formula is C19H14FNO2S. The van der Waals surface area contributed by atoms with Crippen LogP contribution in [0.5, 0.6) is 0 Å². The number of sulfonamides is 1. The van der Waals surface area contributed by atoms with Crippen LogP contribution in [0.1, 0.15) is 11.1 Å². The number of fused-ring (bicyclic) bond motifs is 3. The Morgan fingerprint density at radius 3 is 2.38 bits per heavy atom. The Morgan fingerprint density at radius 2 is 1.54 bits per heavy atom. The molecule has 0 atom stereocenters. The Hall–Kier alpha value is -2.66. The van der Waals surface area contributed by atoms with Crippen LogP contribution in [0.2, 0.25) is 0 Å². The van der Waals surface area contributed by atoms with E-state index < -0.39 is 15.8 Å². The molecule has 0 radical (unpaired) electrons. The molecule has 0 unspecified atom stereocenters. The van der Waals surface area contributed by atoms with Gasteiger partial charge in [-0.1, -0.05) is 42.5 Å². The van der Waals surface area contributed by atoms with Crippen LogP contribution in [0.4, 0.5) is 10.1 Å². The molecule has 0 bridgehead atoms. The molecule has 0 fully saturated rings. The van der Waals surface area contributed by atoms with Crippen LogP contribution in [0, 0.1) is 5.82 Å². The summed E-state index contributed by atoms with van der Waals surface area (Å²) in [5.74, 6) is -0.765. The van der Waals surface area contributed by atoms with Gasteiger partial charge in [0.05, 0.1) is 0 Å². The largest absolute Gasteiger partial charge is 0.280 e. The number of nitrogens with one attached hydrogen (secondary N) is 1. The van der Waals surface area contributed by atoms with Crippen molar-refractivity contribution in [3.63, 3.8) is 0 Å². The first-order valence-electron chi connectivity index (χ1n) is 7.53. The monoisotopic (exact) mass is 339 g/mol. The molecule has 4 rings (SSSR count). The molecule has 1 N–H and O–H groups in total. The molecular weight excluding hydrogens is 325 g/mol. The fourth-order valence-electron chi connectivity index (χ4n) is 3.08. The average Bonchev–Trinajstić information content (AvgIpc) is 2.92. The summed E-state index contributed by atoms with van der Waals surface area (Å²) < 4.78 is 41.0. The molecule has 5 heteroatoms. The van der Waals surface area contributed by atoms with Crippen molar-refractivity contribution in [3.8, 4) is 11.1 Å². The van der Waals surface area contributed by atoms with E-state index in [1.807, 2.05) is 24.3 Å². The lowest BCUT2D eigenvalue weighted by Gasteiger charge is -2.10. The maximum Gasteiger partial charge on any atom is 0.264 e. The molecule has 3 nitrogen and oxygen atoms in total. The van der Waals surface area contributed by atoms with E-state index >= 15 is 0 Å². The first kappa shape index (κ1) is 14.9. The molecule has 0 saturated carbocycles. The number of anilines is 1. The maximum atomic E-state index is 13.8. The molecule has 0 amide bonds. The molecule has 3 aromatic carbocycles. The Bertz CT molecular complexity index is 1040. The summed E-state index contributed by atoms with van der Waals surface area (Å²) in [7, 11) is -3.95. The van der Waals surface area contributed by atoms with Crippen LogP contribution in [-0.4, -0.2) is 8.42 Å². The summed E-state index contributed by atoms with van der Waals surface area (Å²) in [4.78, 5) is -0.353. The lowest BCUT2D eigenvalue weighted by atomic mass is 10.1. The van der Waals surface area contributed by atoms with Gasteiger partial charge in [-0.05, 0) is 52.9 Å². The van der Waals surface area contributed by atoms with E-state index in [2.05, 4.69) is 16.9 Å². The van der Waals surface area contributed by atoms with E-state index in [0.717, 1.165) is 23.6 Å². The third kappa shape index (κ3) is 2.47. The standard InChI is InChI=1S/C19H14FNO2S/c20-18-7-3-4-8-19(18)24(22,23)21-15-9-10-17-14(12-15)11-13-5-1-2-6-16(13)17/h1-10,12,21H,11H2. The number of hydrogen-bond acceptors (Lipinski definition) is 2. The van der Waals surface area contributed by atoms with Crippen LogP contribution in [0.3, 0.4) is 0 Å². The highest BCUT2D eigenvalue weighted by Gasteiger charge is 2.21. The van der Waals surface area contributed by atoms with Crippen molar-refractivity contribution in [2.75, 3.05) is 4.72 Å². The first-order valence-corrected chi connectivity index (χ1v) is 9.01. The van der Waals surface area contributed by atoms with Crippen molar-refractivity contribution in [1.82, 2.24) is 0 Å². The molecule has 3 aromatic rings. The van der Waals surface area contributed by atoms with Crippen LogP contribution in [0.15, 0.2) is 71.6 Å². The molecule has 120 valence electrons. The highest BCUT2D eigenvalue weighted by Crippen LogP contribution is 2.37. The zero-order valence-corrected chi connectivity index (χ0v) is 13.5. The molecule has 1 aliphatic carbocycles. The molecule has 1 aliphatic rings. The van der Waals surface area contributed by atoms with E-state index in [9.17, 15) is 12.8 Å². The van der Waals surface area contributed by atoms with Crippen LogP contribution >= 0.6 is 0 Å². The summed E-state index contributed by atoms with van der Waals surface area (Å²) in [5.41, 5.74) is 5.01. The Balaban J connectivity index is 1.68. The third-order valence-electron chi connectivity index (χ3n) is 4.17. The highest BCUT2D eigenvalue weighted by molar-refractivity contribution is 7.92. The molecule has 0 heterocycles. The van der Waals surface area contributed by atoms with E-state index in [-0.39, 0.29) is 4.90 Å². The fraction of sp³-hybridized carbons (Fsp3) is 0.0526. The van der Waals surface area contributed by atoms with Crippen molar-refractivity contribution in [1.29, 1.82) is 0 Å². The molecule has 0 aromatic heterocycles. The van der Waals surface area contributed by atoms with Gasteiger partial charge in [0.15, 0.2) is 0 Å². The van der Waals surface area contributed by atoms with Crippen molar-refractivity contribution < 1.29 is 12.8 Å². The van der Waals surface area contributed by atoms with Gasteiger partial charge in [0.1, 0.15) is 10.7 Å². The number of halogens is 1. The minimum atomic E-state index is -3.95. The van der Waals surface area contributed by atoms with Crippen molar-refractivity contribution >= 4 is 15.7 Å². The normalized spacial score (nSPS) is 12.5. The minimum Gasteiger partial charge on any atom is -0.280 e. The zero-order valence-electron chi connectivity index (χ0n) is 12.7. The number of benzene rings is 3. The quantitative estimate of drug-likeness (QED) is 0.608. The number of rotatable bonds is 3. The third-order valence-corrected chi connectivity index (χ3v) is 5.59. The van der Waals surface area contributed by atoms with E-state index in [4.69, 9.17) is 0 Å². The van der Waals surface area contributed by atoms with Gasteiger partial charge in [-0.3, -0.25) is 4.72 Å². The summed E-state index contributed by atoms with van der Waals surface area (Å²) in [6.07, 6.45) is 0.765. The van der Waals surface area contributed by atoms with Gasteiger partial charge in [0.2, 0.25) is 0 Å². The van der Waals surface area contributed by atoms with E-state index in [1.165, 1.54) is 29.3 Å². The van der Waals surface area contributed by atoms with Gasteiger partial charge in [-0.25, -0.2) is 12.8 Å². The minimum absolute atomic E-state index is 0.353. The van der Waals surface area contributed by atoms with E-state index in [0.29, 0.717) is 5.69 Å². The van der Waals surface area contributed by atoms with Gasteiger partial charge < -0.3 is 0 Å². The van der Waals surface area contributed by atoms with Gasteiger partial charge in [-0.2, -0.15) is 0 Å². The van der Waals surface area contributed by atoms with Crippen LogP contribution in [-0.2, 0) is 16.4 Å². The van der Waals surface area contributed by atoms with Gasteiger partial charge in [0.25, 0.3) is 10.0 Å². The Labute approximate surface area is 139 Å². The maximum absolute atomic E-state index is 13.8. The van der Waals surface area contributed by atoms with Gasteiger partial charge in [0, 0.05) is 5.69 Å². The predicted octanol–water partition coefficient (Wildman–Crippen LogP) is 4.20. The topological polar surface area (TPSA) is 46.2 Å².